The number of carbonyl (C=O) groups excluding carboxylic acids is 1. The molecule has 1 aromatic rings. The molecule has 150 valence electrons. The van der Waals surface area contributed by atoms with Crippen molar-refractivity contribution in [3.05, 3.63) is 11.7 Å². The van der Waals surface area contributed by atoms with Crippen molar-refractivity contribution < 1.29 is 9.32 Å². The highest BCUT2D eigenvalue weighted by Crippen LogP contribution is 2.10. The fourth-order valence-corrected chi connectivity index (χ4v) is 3.53. The van der Waals surface area contributed by atoms with E-state index in [9.17, 15) is 4.79 Å². The van der Waals surface area contributed by atoms with E-state index < -0.39 is 0 Å². The van der Waals surface area contributed by atoms with Crippen molar-refractivity contribution in [1.82, 2.24) is 30.2 Å². The van der Waals surface area contributed by atoms with Crippen molar-refractivity contribution in [2.24, 2.45) is 4.99 Å². The highest BCUT2D eigenvalue weighted by molar-refractivity contribution is 5.80. The Hall–Kier alpha value is -2.16. The molecular formula is C18H31N7O2. The zero-order valence-corrected chi connectivity index (χ0v) is 16.5. The number of guanidine groups is 1. The Labute approximate surface area is 160 Å². The molecule has 2 aliphatic rings. The molecule has 0 radical (unpaired) electrons. The van der Waals surface area contributed by atoms with Crippen LogP contribution in [0, 0.1) is 6.92 Å². The summed E-state index contributed by atoms with van der Waals surface area (Å²) in [5, 5.41) is 7.23. The molecule has 2 saturated heterocycles. The lowest BCUT2D eigenvalue weighted by molar-refractivity contribution is -0.133. The first kappa shape index (κ1) is 19.6. The molecule has 9 nitrogen and oxygen atoms in total. The van der Waals surface area contributed by atoms with Crippen molar-refractivity contribution in [2.45, 2.75) is 39.7 Å². The summed E-state index contributed by atoms with van der Waals surface area (Å²) < 4.78 is 5.00. The zero-order valence-electron chi connectivity index (χ0n) is 16.5. The fraction of sp³-hybridized carbons (Fsp3) is 0.778. The number of aryl methyl sites for hydroxylation is 1. The Bertz CT molecular complexity index is 631. The summed E-state index contributed by atoms with van der Waals surface area (Å²) in [5.74, 6) is 2.28. The van der Waals surface area contributed by atoms with Crippen LogP contribution in [0.1, 0.15) is 37.9 Å². The van der Waals surface area contributed by atoms with E-state index in [-0.39, 0.29) is 5.91 Å². The summed E-state index contributed by atoms with van der Waals surface area (Å²) in [5.41, 5.74) is 0. The summed E-state index contributed by atoms with van der Waals surface area (Å²) in [7, 11) is 0. The lowest BCUT2D eigenvalue weighted by atomic mass is 10.1. The normalized spacial score (nSPS) is 19.4. The molecule has 0 saturated carbocycles. The van der Waals surface area contributed by atoms with Crippen LogP contribution in [0.15, 0.2) is 9.52 Å². The largest absolute Gasteiger partial charge is 0.357 e. The first-order valence-corrected chi connectivity index (χ1v) is 9.98. The molecule has 1 aromatic heterocycles. The maximum absolute atomic E-state index is 12.5. The summed E-state index contributed by atoms with van der Waals surface area (Å²) in [6.07, 6.45) is 3.53. The van der Waals surface area contributed by atoms with Crippen LogP contribution in [0.2, 0.25) is 0 Å². The number of hydrogen-bond acceptors (Lipinski definition) is 6. The molecule has 3 rings (SSSR count). The molecule has 2 fully saturated rings. The second-order valence-electron chi connectivity index (χ2n) is 7.10. The van der Waals surface area contributed by atoms with Gasteiger partial charge in [0, 0.05) is 52.7 Å². The average Bonchev–Trinajstić information content (AvgIpc) is 3.12. The van der Waals surface area contributed by atoms with Gasteiger partial charge in [-0.1, -0.05) is 5.16 Å². The Kier molecular flexibility index (Phi) is 7.03. The number of piperidine rings is 1. The van der Waals surface area contributed by atoms with E-state index in [1.165, 1.54) is 6.42 Å². The number of likely N-dealkylation sites (tertiary alicyclic amines) is 1. The van der Waals surface area contributed by atoms with Crippen molar-refractivity contribution in [3.8, 4) is 0 Å². The van der Waals surface area contributed by atoms with Crippen LogP contribution in [0.25, 0.3) is 0 Å². The minimum Gasteiger partial charge on any atom is -0.357 e. The molecule has 2 aliphatic heterocycles. The van der Waals surface area contributed by atoms with Crippen LogP contribution >= 0.6 is 0 Å². The number of aliphatic imine (C=N–C) groups is 1. The van der Waals surface area contributed by atoms with Crippen LogP contribution in [0.5, 0.6) is 0 Å². The monoisotopic (exact) mass is 377 g/mol. The van der Waals surface area contributed by atoms with Gasteiger partial charge in [-0.15, -0.1) is 0 Å². The maximum atomic E-state index is 12.5. The van der Waals surface area contributed by atoms with Crippen LogP contribution in [-0.2, 0) is 11.3 Å². The van der Waals surface area contributed by atoms with Gasteiger partial charge >= 0.3 is 0 Å². The van der Waals surface area contributed by atoms with Crippen molar-refractivity contribution in [2.75, 3.05) is 52.4 Å². The van der Waals surface area contributed by atoms with Gasteiger partial charge in [0.1, 0.15) is 6.54 Å². The summed E-state index contributed by atoms with van der Waals surface area (Å²) in [6.45, 7) is 10.8. The SMILES string of the molecule is CCNC(=NCc1noc(C)n1)N1CCN(CC(=O)N2CCCCC2)CC1. The highest BCUT2D eigenvalue weighted by Gasteiger charge is 2.24. The van der Waals surface area contributed by atoms with Gasteiger partial charge in [-0.2, -0.15) is 4.98 Å². The van der Waals surface area contributed by atoms with E-state index in [4.69, 9.17) is 4.52 Å². The average molecular weight is 377 g/mol. The first-order chi connectivity index (χ1) is 13.2. The standard InChI is InChI=1S/C18H31N7O2/c1-3-19-18(20-13-16-21-15(2)27-22-16)25-11-9-23(10-12-25)14-17(26)24-7-5-4-6-8-24/h3-14H2,1-2H3,(H,19,20). The summed E-state index contributed by atoms with van der Waals surface area (Å²) >= 11 is 0. The lowest BCUT2D eigenvalue weighted by Gasteiger charge is -2.37. The molecule has 0 bridgehead atoms. The molecule has 0 aromatic carbocycles. The number of rotatable bonds is 5. The van der Waals surface area contributed by atoms with Crippen LogP contribution in [-0.4, -0.2) is 89.1 Å². The van der Waals surface area contributed by atoms with E-state index in [1.54, 1.807) is 6.92 Å². The third-order valence-electron chi connectivity index (χ3n) is 5.01. The van der Waals surface area contributed by atoms with E-state index in [0.717, 1.165) is 64.6 Å². The quantitative estimate of drug-likeness (QED) is 0.589. The van der Waals surface area contributed by atoms with Gasteiger partial charge in [0.25, 0.3) is 0 Å². The van der Waals surface area contributed by atoms with Gasteiger partial charge in [-0.25, -0.2) is 4.99 Å². The van der Waals surface area contributed by atoms with E-state index in [1.807, 2.05) is 4.90 Å². The number of piperazine rings is 1. The Morgan fingerprint density at radius 3 is 2.48 bits per heavy atom. The van der Waals surface area contributed by atoms with Gasteiger partial charge in [0.2, 0.25) is 11.8 Å². The van der Waals surface area contributed by atoms with Gasteiger partial charge < -0.3 is 19.6 Å². The van der Waals surface area contributed by atoms with Crippen LogP contribution in [0.4, 0.5) is 0 Å². The van der Waals surface area contributed by atoms with E-state index in [0.29, 0.717) is 24.8 Å². The Balaban J connectivity index is 1.48. The highest BCUT2D eigenvalue weighted by atomic mass is 16.5. The third-order valence-corrected chi connectivity index (χ3v) is 5.01. The Morgan fingerprint density at radius 1 is 1.11 bits per heavy atom. The maximum Gasteiger partial charge on any atom is 0.236 e. The predicted octanol–water partition coefficient (Wildman–Crippen LogP) is 0.474. The fourth-order valence-electron chi connectivity index (χ4n) is 3.53. The minimum atomic E-state index is 0.274. The molecule has 3 heterocycles. The number of hydrogen-bond donors (Lipinski definition) is 1. The van der Waals surface area contributed by atoms with Gasteiger partial charge in [-0.3, -0.25) is 9.69 Å². The van der Waals surface area contributed by atoms with Crippen molar-refractivity contribution in [3.63, 3.8) is 0 Å². The summed E-state index contributed by atoms with van der Waals surface area (Å²) in [6, 6.07) is 0. The van der Waals surface area contributed by atoms with E-state index in [2.05, 4.69) is 37.2 Å². The number of carbonyl (C=O) groups is 1. The second-order valence-corrected chi connectivity index (χ2v) is 7.10. The molecule has 0 aliphatic carbocycles. The second kappa shape index (κ2) is 9.68. The van der Waals surface area contributed by atoms with Gasteiger partial charge in [0.05, 0.1) is 6.54 Å². The van der Waals surface area contributed by atoms with Crippen molar-refractivity contribution >= 4 is 11.9 Å². The number of amides is 1. The Morgan fingerprint density at radius 2 is 1.85 bits per heavy atom. The lowest BCUT2D eigenvalue weighted by Crippen LogP contribution is -2.54. The molecule has 0 atom stereocenters. The number of nitrogens with zero attached hydrogens (tertiary/aromatic N) is 6. The molecule has 0 spiro atoms. The van der Waals surface area contributed by atoms with E-state index >= 15 is 0 Å². The van der Waals surface area contributed by atoms with Crippen LogP contribution < -0.4 is 5.32 Å². The minimum absolute atomic E-state index is 0.274. The van der Waals surface area contributed by atoms with Gasteiger partial charge in [0.15, 0.2) is 11.8 Å². The number of nitrogens with one attached hydrogen (secondary N) is 1. The molecule has 9 heteroatoms. The van der Waals surface area contributed by atoms with Gasteiger partial charge in [-0.05, 0) is 26.2 Å². The summed E-state index contributed by atoms with van der Waals surface area (Å²) in [4.78, 5) is 27.8. The predicted molar refractivity (Wildman–Crippen MR) is 102 cm³/mol. The molecule has 0 unspecified atom stereocenters. The molecular weight excluding hydrogens is 346 g/mol. The third kappa shape index (κ3) is 5.66. The molecule has 1 N–H and O–H groups in total. The smallest absolute Gasteiger partial charge is 0.236 e. The van der Waals surface area contributed by atoms with Crippen LogP contribution in [0.3, 0.4) is 0 Å². The first-order valence-electron chi connectivity index (χ1n) is 9.98. The molecule has 27 heavy (non-hydrogen) atoms. The zero-order chi connectivity index (χ0) is 19.1. The number of aromatic nitrogens is 2. The molecule has 1 amide bonds. The topological polar surface area (TPSA) is 90.1 Å². The van der Waals surface area contributed by atoms with Crippen molar-refractivity contribution in [1.29, 1.82) is 0 Å².